The van der Waals surface area contributed by atoms with E-state index in [1.54, 1.807) is 32.9 Å². The molecule has 0 aliphatic carbocycles. The van der Waals surface area contributed by atoms with Crippen LogP contribution in [0.3, 0.4) is 0 Å². The van der Waals surface area contributed by atoms with Crippen LogP contribution < -0.4 is 5.48 Å². The molecule has 2 aliphatic rings. The fraction of sp³-hybridized carbons (Fsp3) is 0.733. The van der Waals surface area contributed by atoms with Crippen molar-refractivity contribution in [3.8, 4) is 0 Å². The van der Waals surface area contributed by atoms with Gasteiger partial charge in [0.15, 0.2) is 6.29 Å². The minimum atomic E-state index is -0.724. The van der Waals surface area contributed by atoms with Crippen molar-refractivity contribution in [2.45, 2.75) is 58.0 Å². The number of hydrogen-bond donors (Lipinski definition) is 1. The lowest BCUT2D eigenvalue weighted by Crippen LogP contribution is -2.48. The van der Waals surface area contributed by atoms with Gasteiger partial charge >= 0.3 is 6.09 Å². The van der Waals surface area contributed by atoms with Gasteiger partial charge in [0.05, 0.1) is 0 Å². The molecule has 1 saturated heterocycles. The van der Waals surface area contributed by atoms with Crippen molar-refractivity contribution in [3.05, 3.63) is 12.2 Å². The van der Waals surface area contributed by atoms with Gasteiger partial charge in [0.1, 0.15) is 11.6 Å². The molecular weight excluding hydrogens is 288 g/mol. The summed E-state index contributed by atoms with van der Waals surface area (Å²) in [6, 6.07) is -0.724. The normalized spacial score (nSPS) is 25.1. The van der Waals surface area contributed by atoms with Gasteiger partial charge in [-0.2, -0.15) is 0 Å². The van der Waals surface area contributed by atoms with Crippen LogP contribution in [0, 0.1) is 0 Å². The van der Waals surface area contributed by atoms with Crippen LogP contribution in [-0.4, -0.2) is 48.0 Å². The summed E-state index contributed by atoms with van der Waals surface area (Å²) in [6.07, 6.45) is 5.23. The summed E-state index contributed by atoms with van der Waals surface area (Å²) >= 11 is 0. The third-order valence-electron chi connectivity index (χ3n) is 3.28. The number of rotatable bonds is 3. The number of carbonyl (C=O) groups is 2. The van der Waals surface area contributed by atoms with E-state index >= 15 is 0 Å². The first-order valence-corrected chi connectivity index (χ1v) is 7.60. The zero-order valence-corrected chi connectivity index (χ0v) is 13.3. The highest BCUT2D eigenvalue weighted by atomic mass is 16.8. The molecule has 2 unspecified atom stereocenters. The Kier molecular flexibility index (Phi) is 5.42. The van der Waals surface area contributed by atoms with E-state index in [2.05, 4.69) is 5.48 Å². The lowest BCUT2D eigenvalue weighted by atomic mass is 10.2. The first-order chi connectivity index (χ1) is 10.4. The second kappa shape index (κ2) is 7.11. The van der Waals surface area contributed by atoms with Crippen LogP contribution >= 0.6 is 0 Å². The van der Waals surface area contributed by atoms with Crippen molar-refractivity contribution in [3.63, 3.8) is 0 Å². The Morgan fingerprint density at radius 3 is 2.73 bits per heavy atom. The Labute approximate surface area is 130 Å². The van der Waals surface area contributed by atoms with E-state index in [9.17, 15) is 9.59 Å². The number of nitrogens with zero attached hydrogens (tertiary/aromatic N) is 1. The molecule has 0 spiro atoms. The number of nitrogens with one attached hydrogen (secondary N) is 1. The van der Waals surface area contributed by atoms with E-state index in [4.69, 9.17) is 14.3 Å². The van der Waals surface area contributed by atoms with Crippen molar-refractivity contribution in [1.82, 2.24) is 10.4 Å². The summed E-state index contributed by atoms with van der Waals surface area (Å²) in [7, 11) is 0. The van der Waals surface area contributed by atoms with Crippen LogP contribution in [0.1, 0.15) is 40.0 Å². The molecule has 2 amide bonds. The van der Waals surface area contributed by atoms with Crippen LogP contribution in [0.4, 0.5) is 4.79 Å². The topological polar surface area (TPSA) is 77.1 Å². The minimum absolute atomic E-state index is 0.340. The summed E-state index contributed by atoms with van der Waals surface area (Å²) in [4.78, 5) is 30.9. The van der Waals surface area contributed by atoms with E-state index in [1.807, 2.05) is 0 Å². The SMILES string of the molecule is CC(C)(C)OC(=O)N1CC=CC1C(=O)NOC1CCCCO1. The first kappa shape index (κ1) is 16.8. The van der Waals surface area contributed by atoms with Gasteiger partial charge in [0.25, 0.3) is 5.91 Å². The number of hydrogen-bond acceptors (Lipinski definition) is 5. The molecule has 0 aromatic rings. The average Bonchev–Trinajstić information content (AvgIpc) is 2.93. The molecule has 0 aromatic carbocycles. The Balaban J connectivity index is 1.84. The van der Waals surface area contributed by atoms with Crippen molar-refractivity contribution >= 4 is 12.0 Å². The molecule has 2 rings (SSSR count). The Morgan fingerprint density at radius 1 is 1.32 bits per heavy atom. The Bertz CT molecular complexity index is 438. The number of amides is 2. The highest BCUT2D eigenvalue weighted by Crippen LogP contribution is 2.17. The molecule has 1 N–H and O–H groups in total. The summed E-state index contributed by atoms with van der Waals surface area (Å²) in [5.74, 6) is -0.409. The average molecular weight is 312 g/mol. The zero-order chi connectivity index (χ0) is 16.2. The molecule has 22 heavy (non-hydrogen) atoms. The highest BCUT2D eigenvalue weighted by molar-refractivity contribution is 5.87. The largest absolute Gasteiger partial charge is 0.444 e. The Morgan fingerprint density at radius 2 is 2.09 bits per heavy atom. The standard InChI is InChI=1S/C15H24N2O5/c1-15(2,3)21-14(19)17-9-6-7-11(17)13(18)16-22-12-8-4-5-10-20-12/h6-7,11-12H,4-5,8-10H2,1-3H3,(H,16,18). The quantitative estimate of drug-likeness (QED) is 0.634. The predicted octanol–water partition coefficient (Wildman–Crippen LogP) is 1.74. The maximum absolute atomic E-state index is 12.2. The molecule has 0 aromatic heterocycles. The second-order valence-electron chi connectivity index (χ2n) is 6.39. The van der Waals surface area contributed by atoms with E-state index in [1.165, 1.54) is 4.90 Å². The molecule has 7 heteroatoms. The lowest BCUT2D eigenvalue weighted by molar-refractivity contribution is -0.201. The number of carbonyl (C=O) groups excluding carboxylic acids is 2. The van der Waals surface area contributed by atoms with Crippen molar-refractivity contribution in [2.24, 2.45) is 0 Å². The zero-order valence-electron chi connectivity index (χ0n) is 13.3. The smallest absolute Gasteiger partial charge is 0.411 e. The minimum Gasteiger partial charge on any atom is -0.444 e. The molecule has 0 bridgehead atoms. The van der Waals surface area contributed by atoms with Gasteiger partial charge in [-0.15, -0.1) is 0 Å². The van der Waals surface area contributed by atoms with Gasteiger partial charge in [-0.05, 0) is 33.6 Å². The fourth-order valence-corrected chi connectivity index (χ4v) is 2.25. The lowest BCUT2D eigenvalue weighted by Gasteiger charge is -2.28. The molecule has 1 fully saturated rings. The fourth-order valence-electron chi connectivity index (χ4n) is 2.25. The van der Waals surface area contributed by atoms with Gasteiger partial charge in [-0.1, -0.05) is 12.2 Å². The predicted molar refractivity (Wildman–Crippen MR) is 78.7 cm³/mol. The van der Waals surface area contributed by atoms with Gasteiger partial charge in [-0.25, -0.2) is 15.1 Å². The third kappa shape index (κ3) is 4.71. The summed E-state index contributed by atoms with van der Waals surface area (Å²) in [6.45, 7) is 6.33. The number of hydroxylamine groups is 1. The molecule has 0 saturated carbocycles. The summed E-state index contributed by atoms with van der Waals surface area (Å²) in [5, 5.41) is 0. The van der Waals surface area contributed by atoms with Crippen LogP contribution in [0.2, 0.25) is 0 Å². The van der Waals surface area contributed by atoms with Gasteiger partial charge in [-0.3, -0.25) is 9.69 Å². The molecule has 2 atom stereocenters. The maximum Gasteiger partial charge on any atom is 0.411 e. The van der Waals surface area contributed by atoms with Crippen LogP contribution in [0.25, 0.3) is 0 Å². The van der Waals surface area contributed by atoms with E-state index in [0.717, 1.165) is 19.3 Å². The second-order valence-corrected chi connectivity index (χ2v) is 6.39. The molecule has 0 radical (unpaired) electrons. The third-order valence-corrected chi connectivity index (χ3v) is 3.28. The van der Waals surface area contributed by atoms with Crippen molar-refractivity contribution in [2.75, 3.05) is 13.2 Å². The van der Waals surface area contributed by atoms with Gasteiger partial charge in [0, 0.05) is 19.6 Å². The van der Waals surface area contributed by atoms with Gasteiger partial charge < -0.3 is 9.47 Å². The molecule has 124 valence electrons. The number of ether oxygens (including phenoxy) is 2. The molecule has 2 aliphatic heterocycles. The summed E-state index contributed by atoms with van der Waals surface area (Å²) < 4.78 is 10.7. The maximum atomic E-state index is 12.2. The van der Waals surface area contributed by atoms with E-state index < -0.39 is 29.9 Å². The van der Waals surface area contributed by atoms with E-state index in [-0.39, 0.29) is 0 Å². The molecule has 7 nitrogen and oxygen atoms in total. The van der Waals surface area contributed by atoms with Gasteiger partial charge in [0.2, 0.25) is 0 Å². The Hall–Kier alpha value is -1.60. The van der Waals surface area contributed by atoms with Crippen LogP contribution in [-0.2, 0) is 19.1 Å². The first-order valence-electron chi connectivity index (χ1n) is 7.60. The van der Waals surface area contributed by atoms with Crippen molar-refractivity contribution < 1.29 is 23.9 Å². The summed E-state index contributed by atoms with van der Waals surface area (Å²) in [5.41, 5.74) is 1.77. The van der Waals surface area contributed by atoms with E-state index in [0.29, 0.717) is 13.2 Å². The highest BCUT2D eigenvalue weighted by Gasteiger charge is 2.34. The molecular formula is C15H24N2O5. The van der Waals surface area contributed by atoms with Crippen molar-refractivity contribution in [1.29, 1.82) is 0 Å². The molecule has 2 heterocycles. The van der Waals surface area contributed by atoms with Crippen LogP contribution in [0.5, 0.6) is 0 Å². The van der Waals surface area contributed by atoms with Crippen LogP contribution in [0.15, 0.2) is 12.2 Å². The monoisotopic (exact) mass is 312 g/mol.